The molecule has 2 fully saturated rings. The van der Waals surface area contributed by atoms with Crippen LogP contribution in [0.25, 0.3) is 0 Å². The molecule has 0 aromatic heterocycles. The SMILES string of the molecule is C[C@@H]1CN(c2ccc(OCCCN3CCCCC3)cc2)C[C@H](C)N1C(=O)c1ccc(C#N)cc1. The Kier molecular flexibility index (Phi) is 8.08. The van der Waals surface area contributed by atoms with Crippen LogP contribution in [-0.2, 0) is 0 Å². The maximum atomic E-state index is 13.1. The maximum Gasteiger partial charge on any atom is 0.254 e. The van der Waals surface area contributed by atoms with Crippen molar-refractivity contribution in [1.29, 1.82) is 5.26 Å². The van der Waals surface area contributed by atoms with E-state index < -0.39 is 0 Å². The van der Waals surface area contributed by atoms with Crippen molar-refractivity contribution >= 4 is 11.6 Å². The Bertz CT molecular complexity index is 965. The molecule has 0 spiro atoms. The van der Waals surface area contributed by atoms with Crippen LogP contribution in [0.15, 0.2) is 48.5 Å². The Labute approximate surface area is 203 Å². The van der Waals surface area contributed by atoms with Crippen LogP contribution in [0.4, 0.5) is 5.69 Å². The normalized spacial score (nSPS) is 21.2. The summed E-state index contributed by atoms with van der Waals surface area (Å²) in [5.74, 6) is 0.940. The second-order valence-electron chi connectivity index (χ2n) is 9.60. The van der Waals surface area contributed by atoms with Gasteiger partial charge in [-0.1, -0.05) is 6.42 Å². The minimum atomic E-state index is 0.0254. The van der Waals surface area contributed by atoms with Crippen LogP contribution in [0.2, 0.25) is 0 Å². The standard InChI is InChI=1S/C28H36N4O2/c1-22-20-31(21-23(2)32(22)28(33)25-9-7-24(19-29)8-10-25)26-11-13-27(14-12-26)34-18-6-17-30-15-4-3-5-16-30/h7-14,22-23H,3-6,15-18,20-21H2,1-2H3/t22-,23+. The fourth-order valence-electron chi connectivity index (χ4n) is 5.18. The van der Waals surface area contributed by atoms with E-state index in [4.69, 9.17) is 10.00 Å². The van der Waals surface area contributed by atoms with Gasteiger partial charge in [-0.05, 0) is 94.7 Å². The molecular formula is C28H36N4O2. The minimum Gasteiger partial charge on any atom is -0.494 e. The van der Waals surface area contributed by atoms with Gasteiger partial charge in [-0.2, -0.15) is 5.26 Å². The molecule has 0 aliphatic carbocycles. The molecule has 0 radical (unpaired) electrons. The van der Waals surface area contributed by atoms with Crippen molar-refractivity contribution in [3.63, 3.8) is 0 Å². The molecule has 2 atom stereocenters. The van der Waals surface area contributed by atoms with Gasteiger partial charge in [0, 0.05) is 43.0 Å². The Morgan fingerprint density at radius 2 is 1.62 bits per heavy atom. The average molecular weight is 461 g/mol. The van der Waals surface area contributed by atoms with Crippen molar-refractivity contribution in [2.24, 2.45) is 0 Å². The highest BCUT2D eigenvalue weighted by atomic mass is 16.5. The number of amides is 1. The Balaban J connectivity index is 1.28. The van der Waals surface area contributed by atoms with Gasteiger partial charge in [0.2, 0.25) is 0 Å². The molecule has 0 unspecified atom stereocenters. The fourth-order valence-corrected chi connectivity index (χ4v) is 5.18. The summed E-state index contributed by atoms with van der Waals surface area (Å²) in [6, 6.07) is 17.5. The first-order valence-corrected chi connectivity index (χ1v) is 12.6. The number of carbonyl (C=O) groups excluding carboxylic acids is 1. The molecule has 2 heterocycles. The monoisotopic (exact) mass is 460 g/mol. The quantitative estimate of drug-likeness (QED) is 0.567. The molecule has 0 N–H and O–H groups in total. The number of benzene rings is 2. The number of ether oxygens (including phenoxy) is 1. The van der Waals surface area contributed by atoms with E-state index in [1.165, 1.54) is 32.4 Å². The summed E-state index contributed by atoms with van der Waals surface area (Å²) in [5, 5.41) is 9.00. The van der Waals surface area contributed by atoms with Gasteiger partial charge in [-0.25, -0.2) is 0 Å². The average Bonchev–Trinajstić information content (AvgIpc) is 2.87. The number of carbonyl (C=O) groups is 1. The van der Waals surface area contributed by atoms with Gasteiger partial charge in [-0.3, -0.25) is 4.79 Å². The molecule has 1 amide bonds. The molecule has 2 aliphatic rings. The maximum absolute atomic E-state index is 13.1. The van der Waals surface area contributed by atoms with E-state index in [0.717, 1.165) is 44.1 Å². The largest absolute Gasteiger partial charge is 0.494 e. The Morgan fingerprint density at radius 3 is 2.24 bits per heavy atom. The summed E-state index contributed by atoms with van der Waals surface area (Å²) < 4.78 is 5.98. The fraction of sp³-hybridized carbons (Fsp3) is 0.500. The second-order valence-corrected chi connectivity index (χ2v) is 9.60. The van der Waals surface area contributed by atoms with Gasteiger partial charge in [0.15, 0.2) is 0 Å². The van der Waals surface area contributed by atoms with Crippen molar-refractivity contribution < 1.29 is 9.53 Å². The lowest BCUT2D eigenvalue weighted by atomic mass is 10.0. The smallest absolute Gasteiger partial charge is 0.254 e. The summed E-state index contributed by atoms with van der Waals surface area (Å²) in [4.78, 5) is 20.0. The molecule has 2 aromatic carbocycles. The van der Waals surface area contributed by atoms with Gasteiger partial charge in [-0.15, -0.1) is 0 Å². The summed E-state index contributed by atoms with van der Waals surface area (Å²) in [5.41, 5.74) is 2.36. The van der Waals surface area contributed by atoms with E-state index in [1.54, 1.807) is 24.3 Å². The van der Waals surface area contributed by atoms with E-state index in [1.807, 2.05) is 4.90 Å². The molecule has 34 heavy (non-hydrogen) atoms. The molecule has 6 heteroatoms. The molecule has 0 saturated carbocycles. The summed E-state index contributed by atoms with van der Waals surface area (Å²) in [7, 11) is 0. The number of piperidine rings is 1. The summed E-state index contributed by atoms with van der Waals surface area (Å²) >= 11 is 0. The molecule has 180 valence electrons. The third kappa shape index (κ3) is 5.90. The number of likely N-dealkylation sites (tertiary alicyclic amines) is 1. The second kappa shape index (κ2) is 11.4. The zero-order valence-electron chi connectivity index (χ0n) is 20.4. The highest BCUT2D eigenvalue weighted by molar-refractivity contribution is 5.95. The third-order valence-electron chi connectivity index (χ3n) is 6.95. The summed E-state index contributed by atoms with van der Waals surface area (Å²) in [6.07, 6.45) is 5.10. The predicted molar refractivity (Wildman–Crippen MR) is 135 cm³/mol. The topological polar surface area (TPSA) is 59.8 Å². The molecule has 2 aliphatic heterocycles. The third-order valence-corrected chi connectivity index (χ3v) is 6.95. The van der Waals surface area contributed by atoms with Crippen molar-refractivity contribution in [3.05, 3.63) is 59.7 Å². The van der Waals surface area contributed by atoms with Gasteiger partial charge < -0.3 is 19.4 Å². The molecule has 6 nitrogen and oxygen atoms in total. The number of nitriles is 1. The van der Waals surface area contributed by atoms with E-state index in [2.05, 4.69) is 54.0 Å². The predicted octanol–water partition coefficient (Wildman–Crippen LogP) is 4.55. The minimum absolute atomic E-state index is 0.0254. The summed E-state index contributed by atoms with van der Waals surface area (Å²) in [6.45, 7) is 10.1. The van der Waals surface area contributed by atoms with Crippen LogP contribution in [0.3, 0.4) is 0 Å². The number of anilines is 1. The van der Waals surface area contributed by atoms with Crippen LogP contribution < -0.4 is 9.64 Å². The van der Waals surface area contributed by atoms with E-state index in [0.29, 0.717) is 11.1 Å². The lowest BCUT2D eigenvalue weighted by Gasteiger charge is -2.45. The highest BCUT2D eigenvalue weighted by Gasteiger charge is 2.33. The molecule has 4 rings (SSSR count). The zero-order chi connectivity index (χ0) is 23.9. The first-order chi connectivity index (χ1) is 16.5. The lowest BCUT2D eigenvalue weighted by molar-refractivity contribution is 0.0574. The Hall–Kier alpha value is -3.04. The number of nitrogens with zero attached hydrogens (tertiary/aromatic N) is 4. The number of rotatable bonds is 7. The van der Waals surface area contributed by atoms with Crippen LogP contribution in [0.1, 0.15) is 55.5 Å². The van der Waals surface area contributed by atoms with Gasteiger partial charge in [0.25, 0.3) is 5.91 Å². The van der Waals surface area contributed by atoms with Crippen LogP contribution >= 0.6 is 0 Å². The van der Waals surface area contributed by atoms with Crippen molar-refractivity contribution in [3.8, 4) is 11.8 Å². The first kappa shape index (κ1) is 24.1. The van der Waals surface area contributed by atoms with Gasteiger partial charge in [0.1, 0.15) is 5.75 Å². The molecular weight excluding hydrogens is 424 g/mol. The molecule has 2 aromatic rings. The van der Waals surface area contributed by atoms with Crippen LogP contribution in [0, 0.1) is 11.3 Å². The first-order valence-electron chi connectivity index (χ1n) is 12.6. The molecule has 0 bridgehead atoms. The Morgan fingerprint density at radius 1 is 0.971 bits per heavy atom. The number of hydrogen-bond acceptors (Lipinski definition) is 5. The van der Waals surface area contributed by atoms with E-state index >= 15 is 0 Å². The van der Waals surface area contributed by atoms with Gasteiger partial charge >= 0.3 is 0 Å². The number of hydrogen-bond donors (Lipinski definition) is 0. The zero-order valence-corrected chi connectivity index (χ0v) is 20.4. The van der Waals surface area contributed by atoms with E-state index in [-0.39, 0.29) is 18.0 Å². The van der Waals surface area contributed by atoms with Crippen molar-refractivity contribution in [2.75, 3.05) is 44.2 Å². The number of piperazine rings is 1. The highest BCUT2D eigenvalue weighted by Crippen LogP contribution is 2.26. The van der Waals surface area contributed by atoms with Crippen molar-refractivity contribution in [1.82, 2.24) is 9.80 Å². The lowest BCUT2D eigenvalue weighted by Crippen LogP contribution is -2.58. The van der Waals surface area contributed by atoms with Gasteiger partial charge in [0.05, 0.1) is 18.2 Å². The van der Waals surface area contributed by atoms with Crippen molar-refractivity contribution in [2.45, 2.75) is 51.6 Å². The van der Waals surface area contributed by atoms with Crippen LogP contribution in [-0.4, -0.2) is 67.1 Å². The van der Waals surface area contributed by atoms with E-state index in [9.17, 15) is 4.79 Å². The molecule has 2 saturated heterocycles. The van der Waals surface area contributed by atoms with Crippen LogP contribution in [0.5, 0.6) is 5.75 Å².